The molecule has 1 aliphatic rings. The standard InChI is InChI=1S/C15H12O3/c1-17-10-5-4-8-14-12(9-10)15(16)11-6-2-3-7-13(11)18-14/h2-7,9H,8H2,1H3. The first-order chi connectivity index (χ1) is 8.79. The molecule has 2 aromatic rings. The Morgan fingerprint density at radius 2 is 2.11 bits per heavy atom. The van der Waals surface area contributed by atoms with Crippen molar-refractivity contribution in [3.05, 3.63) is 63.7 Å². The highest BCUT2D eigenvalue weighted by Crippen LogP contribution is 2.21. The molecule has 0 unspecified atom stereocenters. The first-order valence-corrected chi connectivity index (χ1v) is 5.76. The van der Waals surface area contributed by atoms with Crippen LogP contribution in [0.25, 0.3) is 17.0 Å². The molecule has 0 spiro atoms. The lowest BCUT2D eigenvalue weighted by molar-refractivity contribution is 0.310. The number of hydrogen-bond donors (Lipinski definition) is 0. The van der Waals surface area contributed by atoms with Crippen molar-refractivity contribution in [2.24, 2.45) is 0 Å². The molecule has 0 saturated carbocycles. The van der Waals surface area contributed by atoms with Crippen molar-refractivity contribution in [2.45, 2.75) is 6.42 Å². The fraction of sp³-hybridized carbons (Fsp3) is 0.133. The van der Waals surface area contributed by atoms with Gasteiger partial charge in [0, 0.05) is 6.42 Å². The highest BCUT2D eigenvalue weighted by molar-refractivity contribution is 5.79. The third kappa shape index (κ3) is 1.64. The van der Waals surface area contributed by atoms with Crippen molar-refractivity contribution in [1.29, 1.82) is 0 Å². The van der Waals surface area contributed by atoms with E-state index in [9.17, 15) is 4.79 Å². The summed E-state index contributed by atoms with van der Waals surface area (Å²) in [7, 11) is 1.59. The summed E-state index contributed by atoms with van der Waals surface area (Å²) >= 11 is 0. The largest absolute Gasteiger partial charge is 0.497 e. The zero-order chi connectivity index (χ0) is 12.5. The van der Waals surface area contributed by atoms with Crippen LogP contribution in [0.4, 0.5) is 0 Å². The van der Waals surface area contributed by atoms with Crippen molar-refractivity contribution in [2.75, 3.05) is 7.11 Å². The number of allylic oxidation sites excluding steroid dienone is 2. The maximum atomic E-state index is 12.4. The minimum absolute atomic E-state index is 0.00917. The Morgan fingerprint density at radius 1 is 1.28 bits per heavy atom. The van der Waals surface area contributed by atoms with E-state index in [1.807, 2.05) is 30.4 Å². The SMILES string of the molecule is COC1=Cc2c(oc3ccccc3c2=O)CC=C1. The normalized spacial score (nSPS) is 13.9. The van der Waals surface area contributed by atoms with Crippen LogP contribution in [0.3, 0.4) is 0 Å². The van der Waals surface area contributed by atoms with Crippen LogP contribution in [-0.2, 0) is 11.2 Å². The van der Waals surface area contributed by atoms with Gasteiger partial charge in [0.05, 0.1) is 18.1 Å². The second-order valence-corrected chi connectivity index (χ2v) is 4.12. The van der Waals surface area contributed by atoms with E-state index in [2.05, 4.69) is 0 Å². The van der Waals surface area contributed by atoms with Crippen LogP contribution in [0.5, 0.6) is 0 Å². The molecule has 0 amide bonds. The molecule has 0 saturated heterocycles. The quantitative estimate of drug-likeness (QED) is 0.769. The third-order valence-corrected chi connectivity index (χ3v) is 3.02. The molecule has 0 N–H and O–H groups in total. The predicted molar refractivity (Wildman–Crippen MR) is 70.3 cm³/mol. The molecule has 1 aliphatic carbocycles. The molecule has 0 aliphatic heterocycles. The van der Waals surface area contributed by atoms with E-state index in [0.29, 0.717) is 34.5 Å². The number of methoxy groups -OCH3 is 1. The molecule has 1 heterocycles. The first-order valence-electron chi connectivity index (χ1n) is 5.76. The molecule has 0 bridgehead atoms. The monoisotopic (exact) mass is 240 g/mol. The summed E-state index contributed by atoms with van der Waals surface area (Å²) in [5.41, 5.74) is 1.20. The van der Waals surface area contributed by atoms with E-state index in [1.54, 1.807) is 19.3 Å². The number of ether oxygens (including phenoxy) is 1. The topological polar surface area (TPSA) is 39.4 Å². The van der Waals surface area contributed by atoms with Gasteiger partial charge in [-0.25, -0.2) is 0 Å². The Labute approximate surface area is 104 Å². The van der Waals surface area contributed by atoms with Crippen LogP contribution in [-0.4, -0.2) is 7.11 Å². The molecule has 1 aromatic carbocycles. The van der Waals surface area contributed by atoms with Crippen molar-refractivity contribution in [1.82, 2.24) is 0 Å². The molecule has 0 atom stereocenters. The zero-order valence-corrected chi connectivity index (χ0v) is 9.97. The minimum Gasteiger partial charge on any atom is -0.497 e. The van der Waals surface area contributed by atoms with Gasteiger partial charge in [-0.3, -0.25) is 4.79 Å². The van der Waals surface area contributed by atoms with Crippen molar-refractivity contribution >= 4 is 17.0 Å². The van der Waals surface area contributed by atoms with Crippen LogP contribution in [0.2, 0.25) is 0 Å². The van der Waals surface area contributed by atoms with E-state index in [4.69, 9.17) is 9.15 Å². The summed E-state index contributed by atoms with van der Waals surface area (Å²) in [6.07, 6.45) is 6.11. The average Bonchev–Trinajstić information content (AvgIpc) is 2.61. The maximum absolute atomic E-state index is 12.4. The molecule has 90 valence electrons. The van der Waals surface area contributed by atoms with Gasteiger partial charge in [-0.2, -0.15) is 0 Å². The van der Waals surface area contributed by atoms with E-state index in [0.717, 1.165) is 0 Å². The van der Waals surface area contributed by atoms with E-state index in [1.165, 1.54) is 0 Å². The lowest BCUT2D eigenvalue weighted by Gasteiger charge is -2.04. The number of para-hydroxylation sites is 1. The van der Waals surface area contributed by atoms with Crippen LogP contribution in [0.15, 0.2) is 51.4 Å². The van der Waals surface area contributed by atoms with Gasteiger partial charge < -0.3 is 9.15 Å². The molecule has 0 radical (unpaired) electrons. The van der Waals surface area contributed by atoms with Crippen LogP contribution < -0.4 is 5.43 Å². The van der Waals surface area contributed by atoms with Gasteiger partial charge in [0.15, 0.2) is 5.43 Å². The number of benzene rings is 1. The van der Waals surface area contributed by atoms with E-state index in [-0.39, 0.29) is 5.43 Å². The van der Waals surface area contributed by atoms with Gasteiger partial charge in [0.1, 0.15) is 17.1 Å². The van der Waals surface area contributed by atoms with Gasteiger partial charge in [-0.15, -0.1) is 0 Å². The molecule has 1 aromatic heterocycles. The number of hydrogen-bond acceptors (Lipinski definition) is 3. The van der Waals surface area contributed by atoms with Gasteiger partial charge >= 0.3 is 0 Å². The maximum Gasteiger partial charge on any atom is 0.200 e. The third-order valence-electron chi connectivity index (χ3n) is 3.02. The first kappa shape index (κ1) is 10.8. The lowest BCUT2D eigenvalue weighted by atomic mass is 10.1. The Morgan fingerprint density at radius 3 is 2.94 bits per heavy atom. The molecule has 3 rings (SSSR count). The molecular weight excluding hydrogens is 228 g/mol. The Kier molecular flexibility index (Phi) is 2.52. The molecule has 0 fully saturated rings. The second kappa shape index (κ2) is 4.18. The van der Waals surface area contributed by atoms with Crippen LogP contribution in [0.1, 0.15) is 11.3 Å². The van der Waals surface area contributed by atoms with Gasteiger partial charge in [0.25, 0.3) is 0 Å². The fourth-order valence-corrected chi connectivity index (χ4v) is 2.10. The lowest BCUT2D eigenvalue weighted by Crippen LogP contribution is -2.08. The Bertz CT molecular complexity index is 720. The summed E-state index contributed by atoms with van der Waals surface area (Å²) < 4.78 is 11.0. The summed E-state index contributed by atoms with van der Waals surface area (Å²) in [6, 6.07) is 7.29. The summed E-state index contributed by atoms with van der Waals surface area (Å²) in [6.45, 7) is 0. The number of fused-ring (bicyclic) bond motifs is 2. The van der Waals surface area contributed by atoms with Crippen molar-refractivity contribution in [3.8, 4) is 0 Å². The Hall–Kier alpha value is -2.29. The van der Waals surface area contributed by atoms with Crippen molar-refractivity contribution in [3.63, 3.8) is 0 Å². The minimum atomic E-state index is -0.00917. The summed E-state index contributed by atoms with van der Waals surface area (Å²) in [4.78, 5) is 12.4. The molecule has 3 nitrogen and oxygen atoms in total. The van der Waals surface area contributed by atoms with Gasteiger partial charge in [0.2, 0.25) is 0 Å². The van der Waals surface area contributed by atoms with Crippen LogP contribution >= 0.6 is 0 Å². The molecular formula is C15H12O3. The zero-order valence-electron chi connectivity index (χ0n) is 9.97. The summed E-state index contributed by atoms with van der Waals surface area (Å²) in [5.74, 6) is 1.35. The second-order valence-electron chi connectivity index (χ2n) is 4.12. The average molecular weight is 240 g/mol. The highest BCUT2D eigenvalue weighted by atomic mass is 16.5. The summed E-state index contributed by atoms with van der Waals surface area (Å²) in [5, 5.41) is 0.602. The predicted octanol–water partition coefficient (Wildman–Crippen LogP) is 2.89. The van der Waals surface area contributed by atoms with Gasteiger partial charge in [-0.1, -0.05) is 18.2 Å². The molecule has 3 heteroatoms. The van der Waals surface area contributed by atoms with Gasteiger partial charge in [-0.05, 0) is 24.3 Å². The van der Waals surface area contributed by atoms with E-state index >= 15 is 0 Å². The smallest absolute Gasteiger partial charge is 0.200 e. The van der Waals surface area contributed by atoms with Crippen molar-refractivity contribution < 1.29 is 9.15 Å². The molecule has 18 heavy (non-hydrogen) atoms. The Balaban J connectivity index is 2.36. The highest BCUT2D eigenvalue weighted by Gasteiger charge is 2.14. The van der Waals surface area contributed by atoms with E-state index < -0.39 is 0 Å². The number of rotatable bonds is 1. The fourth-order valence-electron chi connectivity index (χ4n) is 2.10. The van der Waals surface area contributed by atoms with Crippen LogP contribution in [0, 0.1) is 0 Å².